The molecule has 8 heteroatoms. The van der Waals surface area contributed by atoms with Crippen LogP contribution in [0.25, 0.3) is 0 Å². The van der Waals surface area contributed by atoms with E-state index in [0.717, 1.165) is 12.8 Å². The van der Waals surface area contributed by atoms with Crippen molar-refractivity contribution in [3.05, 3.63) is 69.8 Å². The smallest absolute Gasteiger partial charge is 0.269 e. The van der Waals surface area contributed by atoms with Crippen LogP contribution in [0.2, 0.25) is 0 Å². The molecule has 3 rings (SSSR count). The highest BCUT2D eigenvalue weighted by molar-refractivity contribution is 6.09. The van der Waals surface area contributed by atoms with Gasteiger partial charge in [0.1, 0.15) is 0 Å². The van der Waals surface area contributed by atoms with E-state index in [-0.39, 0.29) is 23.3 Å². The van der Waals surface area contributed by atoms with E-state index < -0.39 is 10.8 Å². The van der Waals surface area contributed by atoms with E-state index in [2.05, 4.69) is 10.6 Å². The first-order chi connectivity index (χ1) is 13.0. The van der Waals surface area contributed by atoms with Gasteiger partial charge in [0.15, 0.2) is 0 Å². The number of nitro groups is 1. The van der Waals surface area contributed by atoms with Crippen LogP contribution in [0.4, 0.5) is 11.4 Å². The van der Waals surface area contributed by atoms with Crippen molar-refractivity contribution in [2.24, 2.45) is 0 Å². The average molecular weight is 369 g/mol. The van der Waals surface area contributed by atoms with Crippen LogP contribution < -0.4 is 10.6 Å². The Balaban J connectivity index is 1.68. The van der Waals surface area contributed by atoms with Gasteiger partial charge in [0.2, 0.25) is 0 Å². The summed E-state index contributed by atoms with van der Waals surface area (Å²) >= 11 is 0. The maximum Gasteiger partial charge on any atom is 0.269 e. The maximum absolute atomic E-state index is 12.5. The standard InChI is InChI=1S/C19H19N3O5/c23-18(13-7-9-14(10-8-13)22(25)26)21-17-6-2-1-5-16(17)19(24)20-12-15-4-3-11-27-15/h1-2,5-10,15H,3-4,11-12H2,(H,20,24)(H,21,23)/t15-/m0/s1. The van der Waals surface area contributed by atoms with Gasteiger partial charge in [-0.15, -0.1) is 0 Å². The summed E-state index contributed by atoms with van der Waals surface area (Å²) in [4.78, 5) is 35.0. The van der Waals surface area contributed by atoms with E-state index >= 15 is 0 Å². The quantitative estimate of drug-likeness (QED) is 0.601. The molecule has 0 aromatic heterocycles. The van der Waals surface area contributed by atoms with E-state index in [1.807, 2.05) is 0 Å². The predicted molar refractivity (Wildman–Crippen MR) is 98.8 cm³/mol. The lowest BCUT2D eigenvalue weighted by molar-refractivity contribution is -0.384. The third kappa shape index (κ3) is 4.68. The van der Waals surface area contributed by atoms with Gasteiger partial charge in [-0.1, -0.05) is 12.1 Å². The number of hydrogen-bond donors (Lipinski definition) is 2. The van der Waals surface area contributed by atoms with Gasteiger partial charge in [-0.05, 0) is 37.1 Å². The van der Waals surface area contributed by atoms with Crippen molar-refractivity contribution in [1.29, 1.82) is 0 Å². The number of anilines is 1. The Bertz CT molecular complexity index is 845. The van der Waals surface area contributed by atoms with Crippen LogP contribution in [-0.2, 0) is 4.74 Å². The molecule has 2 aromatic carbocycles. The second-order valence-corrected chi connectivity index (χ2v) is 6.15. The molecule has 27 heavy (non-hydrogen) atoms. The lowest BCUT2D eigenvalue weighted by Gasteiger charge is -2.13. The number of carbonyl (C=O) groups is 2. The summed E-state index contributed by atoms with van der Waals surface area (Å²) in [5.41, 5.74) is 0.868. The summed E-state index contributed by atoms with van der Waals surface area (Å²) in [5.74, 6) is -0.755. The highest BCUT2D eigenvalue weighted by atomic mass is 16.6. The van der Waals surface area contributed by atoms with Crippen molar-refractivity contribution < 1.29 is 19.2 Å². The van der Waals surface area contributed by atoms with Crippen LogP contribution in [0.15, 0.2) is 48.5 Å². The van der Waals surface area contributed by atoms with E-state index in [1.54, 1.807) is 24.3 Å². The first-order valence-corrected chi connectivity index (χ1v) is 8.59. The Hall–Kier alpha value is -3.26. The van der Waals surface area contributed by atoms with Crippen molar-refractivity contribution in [2.75, 3.05) is 18.5 Å². The molecule has 2 aromatic rings. The van der Waals surface area contributed by atoms with Gasteiger partial charge in [-0.2, -0.15) is 0 Å². The molecular formula is C19H19N3O5. The second kappa shape index (κ2) is 8.41. The fraction of sp³-hybridized carbons (Fsp3) is 0.263. The lowest BCUT2D eigenvalue weighted by atomic mass is 10.1. The number of nitrogens with one attached hydrogen (secondary N) is 2. The van der Waals surface area contributed by atoms with Crippen molar-refractivity contribution >= 4 is 23.2 Å². The number of carbonyl (C=O) groups excluding carboxylic acids is 2. The summed E-state index contributed by atoms with van der Waals surface area (Å²) in [6.45, 7) is 1.13. The molecule has 2 amide bonds. The molecule has 0 radical (unpaired) electrons. The fourth-order valence-corrected chi connectivity index (χ4v) is 2.83. The van der Waals surface area contributed by atoms with E-state index in [0.29, 0.717) is 24.4 Å². The van der Waals surface area contributed by atoms with Crippen molar-refractivity contribution in [3.8, 4) is 0 Å². The molecule has 1 heterocycles. The molecule has 140 valence electrons. The third-order valence-corrected chi connectivity index (χ3v) is 4.27. The summed E-state index contributed by atoms with van der Waals surface area (Å²) in [6.07, 6.45) is 1.93. The summed E-state index contributed by atoms with van der Waals surface area (Å²) in [6, 6.07) is 11.9. The van der Waals surface area contributed by atoms with Crippen molar-refractivity contribution in [1.82, 2.24) is 5.32 Å². The van der Waals surface area contributed by atoms with E-state index in [9.17, 15) is 19.7 Å². The Morgan fingerprint density at radius 1 is 1.11 bits per heavy atom. The molecule has 1 aliphatic heterocycles. The number of ether oxygens (including phenoxy) is 1. The van der Waals surface area contributed by atoms with Crippen LogP contribution in [0, 0.1) is 10.1 Å². The Kier molecular flexibility index (Phi) is 5.77. The molecule has 0 aliphatic carbocycles. The van der Waals surface area contributed by atoms with Gasteiger partial charge < -0.3 is 15.4 Å². The third-order valence-electron chi connectivity index (χ3n) is 4.27. The Morgan fingerprint density at radius 2 is 1.85 bits per heavy atom. The Morgan fingerprint density at radius 3 is 2.52 bits per heavy atom. The van der Waals surface area contributed by atoms with Crippen molar-refractivity contribution in [2.45, 2.75) is 18.9 Å². The molecule has 1 atom stereocenters. The summed E-state index contributed by atoms with van der Waals surface area (Å²) < 4.78 is 5.49. The topological polar surface area (TPSA) is 111 Å². The normalized spacial score (nSPS) is 15.9. The van der Waals surface area contributed by atoms with Crippen molar-refractivity contribution in [3.63, 3.8) is 0 Å². The number of nitrogens with zero attached hydrogens (tertiary/aromatic N) is 1. The average Bonchev–Trinajstić information content (AvgIpc) is 3.20. The minimum absolute atomic E-state index is 0.0239. The largest absolute Gasteiger partial charge is 0.376 e. The van der Waals surface area contributed by atoms with Gasteiger partial charge in [-0.25, -0.2) is 0 Å². The number of amides is 2. The van der Waals surface area contributed by atoms with Gasteiger partial charge in [0, 0.05) is 30.8 Å². The Labute approximate surface area is 155 Å². The van der Waals surface area contributed by atoms with Gasteiger partial charge >= 0.3 is 0 Å². The minimum atomic E-state index is -0.532. The maximum atomic E-state index is 12.5. The molecule has 8 nitrogen and oxygen atoms in total. The van der Waals surface area contributed by atoms with E-state index in [4.69, 9.17) is 4.74 Å². The van der Waals surface area contributed by atoms with Gasteiger partial charge in [0.25, 0.3) is 17.5 Å². The lowest BCUT2D eigenvalue weighted by Crippen LogP contribution is -2.32. The second-order valence-electron chi connectivity index (χ2n) is 6.15. The monoisotopic (exact) mass is 369 g/mol. The van der Waals surface area contributed by atoms with Crippen LogP contribution in [-0.4, -0.2) is 36.0 Å². The zero-order chi connectivity index (χ0) is 19.2. The summed E-state index contributed by atoms with van der Waals surface area (Å²) in [5, 5.41) is 16.2. The van der Waals surface area contributed by atoms with Crippen LogP contribution in [0.5, 0.6) is 0 Å². The van der Waals surface area contributed by atoms with Crippen LogP contribution >= 0.6 is 0 Å². The molecule has 1 aliphatic rings. The molecule has 0 saturated carbocycles. The number of hydrogen-bond acceptors (Lipinski definition) is 5. The van der Waals surface area contributed by atoms with Crippen LogP contribution in [0.3, 0.4) is 0 Å². The first-order valence-electron chi connectivity index (χ1n) is 8.59. The number of non-ortho nitro benzene ring substituents is 1. The summed E-state index contributed by atoms with van der Waals surface area (Å²) in [7, 11) is 0. The predicted octanol–water partition coefficient (Wildman–Crippen LogP) is 2.76. The number of para-hydroxylation sites is 1. The molecule has 1 fully saturated rings. The number of rotatable bonds is 6. The number of nitro benzene ring substituents is 1. The zero-order valence-corrected chi connectivity index (χ0v) is 14.5. The minimum Gasteiger partial charge on any atom is -0.376 e. The molecule has 1 saturated heterocycles. The molecule has 0 spiro atoms. The molecule has 0 unspecified atom stereocenters. The molecule has 2 N–H and O–H groups in total. The first kappa shape index (κ1) is 18.5. The fourth-order valence-electron chi connectivity index (χ4n) is 2.83. The highest BCUT2D eigenvalue weighted by Gasteiger charge is 2.19. The van der Waals surface area contributed by atoms with Crippen LogP contribution in [0.1, 0.15) is 33.6 Å². The zero-order valence-electron chi connectivity index (χ0n) is 14.5. The van der Waals surface area contributed by atoms with Gasteiger partial charge in [-0.3, -0.25) is 19.7 Å². The molecule has 0 bridgehead atoms. The highest BCUT2D eigenvalue weighted by Crippen LogP contribution is 2.18. The number of benzene rings is 2. The SMILES string of the molecule is O=C(Nc1ccccc1C(=O)NC[C@@H]1CCCO1)c1ccc([N+](=O)[O-])cc1. The van der Waals surface area contributed by atoms with Gasteiger partial charge in [0.05, 0.1) is 22.3 Å². The molecular weight excluding hydrogens is 350 g/mol. The van der Waals surface area contributed by atoms with E-state index in [1.165, 1.54) is 24.3 Å².